The fourth-order valence-electron chi connectivity index (χ4n) is 2.72. The third-order valence-electron chi connectivity index (χ3n) is 3.87. The van der Waals surface area contributed by atoms with Gasteiger partial charge in [0.25, 0.3) is 0 Å². The van der Waals surface area contributed by atoms with Gasteiger partial charge in [-0.15, -0.1) is 0 Å². The van der Waals surface area contributed by atoms with Crippen molar-refractivity contribution in [2.24, 2.45) is 11.7 Å². The number of benzene rings is 1. The molecule has 0 saturated carbocycles. The van der Waals surface area contributed by atoms with E-state index < -0.39 is 0 Å². The highest BCUT2D eigenvalue weighted by Gasteiger charge is 2.20. The molecule has 1 aliphatic heterocycles. The molecule has 0 amide bonds. The highest BCUT2D eigenvalue weighted by molar-refractivity contribution is 6.30. The van der Waals surface area contributed by atoms with Crippen molar-refractivity contribution in [2.45, 2.75) is 25.3 Å². The maximum Gasteiger partial charge on any atom is 0.0595 e. The average molecular weight is 283 g/mol. The summed E-state index contributed by atoms with van der Waals surface area (Å²) in [6.07, 6.45) is 3.55. The largest absolute Gasteiger partial charge is 0.395 e. The van der Waals surface area contributed by atoms with E-state index in [2.05, 4.69) is 17.0 Å². The summed E-state index contributed by atoms with van der Waals surface area (Å²) in [6, 6.07) is 8.07. The lowest BCUT2D eigenvalue weighted by molar-refractivity contribution is 0.154. The highest BCUT2D eigenvalue weighted by atomic mass is 35.5. The third-order valence-corrected chi connectivity index (χ3v) is 4.12. The molecule has 0 bridgehead atoms. The van der Waals surface area contributed by atoms with Gasteiger partial charge in [-0.2, -0.15) is 0 Å². The fourth-order valence-corrected chi connectivity index (χ4v) is 2.84. The van der Waals surface area contributed by atoms with Crippen molar-refractivity contribution in [3.8, 4) is 0 Å². The van der Waals surface area contributed by atoms with Gasteiger partial charge in [0.1, 0.15) is 0 Å². The van der Waals surface area contributed by atoms with Crippen molar-refractivity contribution in [1.29, 1.82) is 0 Å². The van der Waals surface area contributed by atoms with Crippen LogP contribution < -0.4 is 5.73 Å². The molecular formula is C15H23ClN2O. The van der Waals surface area contributed by atoms with E-state index in [1.54, 1.807) is 0 Å². The zero-order valence-corrected chi connectivity index (χ0v) is 12.0. The Morgan fingerprint density at radius 3 is 2.47 bits per heavy atom. The van der Waals surface area contributed by atoms with Crippen LogP contribution in [0.3, 0.4) is 0 Å². The number of aliphatic hydroxyl groups excluding tert-OH is 1. The van der Waals surface area contributed by atoms with Crippen molar-refractivity contribution in [1.82, 2.24) is 4.90 Å². The summed E-state index contributed by atoms with van der Waals surface area (Å²) in [7, 11) is 0. The van der Waals surface area contributed by atoms with Crippen LogP contribution in [0, 0.1) is 5.92 Å². The topological polar surface area (TPSA) is 49.5 Å². The molecular weight excluding hydrogens is 260 g/mol. The van der Waals surface area contributed by atoms with Gasteiger partial charge in [-0.1, -0.05) is 23.7 Å². The quantitative estimate of drug-likeness (QED) is 0.867. The van der Waals surface area contributed by atoms with E-state index in [1.807, 2.05) is 12.1 Å². The first-order valence-electron chi connectivity index (χ1n) is 7.00. The first kappa shape index (κ1) is 14.8. The number of nitrogens with zero attached hydrogens (tertiary/aromatic N) is 1. The van der Waals surface area contributed by atoms with Gasteiger partial charge in [-0.25, -0.2) is 0 Å². The summed E-state index contributed by atoms with van der Waals surface area (Å²) in [4.78, 5) is 2.36. The van der Waals surface area contributed by atoms with Gasteiger partial charge in [-0.3, -0.25) is 0 Å². The molecule has 1 unspecified atom stereocenters. The second-order valence-electron chi connectivity index (χ2n) is 5.52. The SMILES string of the molecule is NC(CO)CN1CCC(Cc2ccc(Cl)cc2)CC1. The van der Waals surface area contributed by atoms with Crippen LogP contribution in [0.1, 0.15) is 18.4 Å². The van der Waals surface area contributed by atoms with Crippen molar-refractivity contribution in [2.75, 3.05) is 26.2 Å². The van der Waals surface area contributed by atoms with Gasteiger partial charge in [0.05, 0.1) is 6.61 Å². The third kappa shape index (κ3) is 4.77. The van der Waals surface area contributed by atoms with Crippen LogP contribution in [0.5, 0.6) is 0 Å². The Hall–Kier alpha value is -0.610. The lowest BCUT2D eigenvalue weighted by Crippen LogP contribution is -2.43. The average Bonchev–Trinajstić information content (AvgIpc) is 2.43. The molecule has 1 aromatic carbocycles. The Labute approximate surface area is 120 Å². The smallest absolute Gasteiger partial charge is 0.0595 e. The van der Waals surface area contributed by atoms with Crippen LogP contribution in [-0.2, 0) is 6.42 Å². The van der Waals surface area contributed by atoms with Crippen LogP contribution in [0.4, 0.5) is 0 Å². The number of halogens is 1. The molecule has 0 aliphatic carbocycles. The van der Waals surface area contributed by atoms with E-state index in [9.17, 15) is 0 Å². The number of hydrogen-bond donors (Lipinski definition) is 2. The van der Waals surface area contributed by atoms with Gasteiger partial charge in [0, 0.05) is 17.6 Å². The number of aliphatic hydroxyl groups is 1. The van der Waals surface area contributed by atoms with Crippen molar-refractivity contribution in [3.63, 3.8) is 0 Å². The zero-order valence-electron chi connectivity index (χ0n) is 11.3. The normalized spacial score (nSPS) is 19.5. The summed E-state index contributed by atoms with van der Waals surface area (Å²) in [5.74, 6) is 0.753. The zero-order chi connectivity index (χ0) is 13.7. The van der Waals surface area contributed by atoms with Gasteiger partial charge < -0.3 is 15.7 Å². The highest BCUT2D eigenvalue weighted by Crippen LogP contribution is 2.22. The van der Waals surface area contributed by atoms with E-state index in [0.717, 1.165) is 37.0 Å². The lowest BCUT2D eigenvalue weighted by Gasteiger charge is -2.33. The molecule has 0 aromatic heterocycles. The Morgan fingerprint density at radius 1 is 1.26 bits per heavy atom. The molecule has 1 saturated heterocycles. The van der Waals surface area contributed by atoms with Gasteiger partial charge in [0.15, 0.2) is 0 Å². The molecule has 1 heterocycles. The minimum absolute atomic E-state index is 0.0741. The molecule has 3 N–H and O–H groups in total. The Bertz CT molecular complexity index is 374. The predicted molar refractivity (Wildman–Crippen MR) is 79.4 cm³/mol. The first-order valence-corrected chi connectivity index (χ1v) is 7.38. The summed E-state index contributed by atoms with van der Waals surface area (Å²) >= 11 is 5.90. The summed E-state index contributed by atoms with van der Waals surface area (Å²) in [5, 5.41) is 9.77. The van der Waals surface area contributed by atoms with Gasteiger partial charge >= 0.3 is 0 Å². The molecule has 19 heavy (non-hydrogen) atoms. The number of piperidine rings is 1. The molecule has 0 spiro atoms. The lowest BCUT2D eigenvalue weighted by atomic mass is 9.90. The van der Waals surface area contributed by atoms with Crippen LogP contribution in [0.2, 0.25) is 5.02 Å². The molecule has 4 heteroatoms. The maximum atomic E-state index is 8.97. The second kappa shape index (κ2) is 7.25. The molecule has 1 aliphatic rings. The monoisotopic (exact) mass is 282 g/mol. The molecule has 1 fully saturated rings. The van der Waals surface area contributed by atoms with Crippen LogP contribution in [0.15, 0.2) is 24.3 Å². The van der Waals surface area contributed by atoms with Crippen LogP contribution >= 0.6 is 11.6 Å². The Morgan fingerprint density at radius 2 is 1.89 bits per heavy atom. The van der Waals surface area contributed by atoms with E-state index in [1.165, 1.54) is 18.4 Å². The number of hydrogen-bond acceptors (Lipinski definition) is 3. The minimum atomic E-state index is -0.104. The van der Waals surface area contributed by atoms with Gasteiger partial charge in [0.2, 0.25) is 0 Å². The minimum Gasteiger partial charge on any atom is -0.395 e. The molecule has 1 atom stereocenters. The molecule has 0 radical (unpaired) electrons. The van der Waals surface area contributed by atoms with Crippen molar-refractivity contribution >= 4 is 11.6 Å². The van der Waals surface area contributed by atoms with Crippen molar-refractivity contribution < 1.29 is 5.11 Å². The van der Waals surface area contributed by atoms with Gasteiger partial charge in [-0.05, 0) is 56.0 Å². The Balaban J connectivity index is 1.75. The number of nitrogens with two attached hydrogens (primary N) is 1. The summed E-state index contributed by atoms with van der Waals surface area (Å²) in [6.45, 7) is 3.06. The van der Waals surface area contributed by atoms with E-state index >= 15 is 0 Å². The van der Waals surface area contributed by atoms with Crippen LogP contribution in [-0.4, -0.2) is 42.3 Å². The van der Waals surface area contributed by atoms with E-state index in [4.69, 9.17) is 22.4 Å². The van der Waals surface area contributed by atoms with E-state index in [0.29, 0.717) is 0 Å². The Kier molecular flexibility index (Phi) is 5.64. The summed E-state index contributed by atoms with van der Waals surface area (Å²) < 4.78 is 0. The first-order chi connectivity index (χ1) is 9.17. The maximum absolute atomic E-state index is 8.97. The fraction of sp³-hybridized carbons (Fsp3) is 0.600. The molecule has 2 rings (SSSR count). The predicted octanol–water partition coefficient (Wildman–Crippen LogP) is 1.91. The molecule has 106 valence electrons. The van der Waals surface area contributed by atoms with Crippen molar-refractivity contribution in [3.05, 3.63) is 34.9 Å². The standard InChI is InChI=1S/C15H23ClN2O/c16-14-3-1-12(2-4-14)9-13-5-7-18(8-6-13)10-15(17)11-19/h1-4,13,15,19H,5-11,17H2. The molecule has 3 nitrogen and oxygen atoms in total. The van der Waals surface area contributed by atoms with Crippen LogP contribution in [0.25, 0.3) is 0 Å². The summed E-state index contributed by atoms with van der Waals surface area (Å²) in [5.41, 5.74) is 7.14. The number of likely N-dealkylation sites (tertiary alicyclic amines) is 1. The molecule has 1 aromatic rings. The number of rotatable bonds is 5. The second-order valence-corrected chi connectivity index (χ2v) is 5.95. The van der Waals surface area contributed by atoms with E-state index in [-0.39, 0.29) is 12.6 Å².